The lowest BCUT2D eigenvalue weighted by molar-refractivity contribution is -0.385. The largest absolute Gasteiger partial charge is 0.467 e. The number of hydrogen-bond donors (Lipinski definition) is 2. The van der Waals surface area contributed by atoms with Crippen molar-refractivity contribution in [2.75, 3.05) is 12.5 Å². The zero-order valence-electron chi connectivity index (χ0n) is 11.2. The molecule has 0 aliphatic rings. The molecule has 0 atom stereocenters. The number of hydrogen-bond acceptors (Lipinski definition) is 9. The van der Waals surface area contributed by atoms with Gasteiger partial charge in [0, 0.05) is 6.07 Å². The highest BCUT2D eigenvalue weighted by Gasteiger charge is 2.16. The monoisotopic (exact) mass is 292 g/mol. The third kappa shape index (κ3) is 3.12. The second-order valence-corrected chi connectivity index (χ2v) is 3.83. The average molecular weight is 292 g/mol. The zero-order chi connectivity index (χ0) is 15.4. The van der Waals surface area contributed by atoms with Crippen LogP contribution in [-0.2, 0) is 0 Å². The summed E-state index contributed by atoms with van der Waals surface area (Å²) < 4.78 is 10.3. The molecule has 1 aromatic heterocycles. The Kier molecular flexibility index (Phi) is 4.09. The maximum absolute atomic E-state index is 10.9. The Labute approximate surface area is 119 Å². The molecule has 0 aliphatic carbocycles. The maximum atomic E-state index is 10.9. The molecule has 0 fully saturated rings. The zero-order valence-corrected chi connectivity index (χ0v) is 11.2. The number of nitrogens with one attached hydrogen (secondary N) is 1. The quantitative estimate of drug-likeness (QED) is 0.472. The molecule has 0 unspecified atom stereocenters. The fraction of sp³-hybridized carbons (Fsp3) is 0.182. The van der Waals surface area contributed by atoms with Gasteiger partial charge in [-0.3, -0.25) is 15.5 Å². The predicted molar refractivity (Wildman–Crippen MR) is 72.1 cm³/mol. The number of hydrazine groups is 1. The van der Waals surface area contributed by atoms with Crippen LogP contribution in [0.2, 0.25) is 0 Å². The van der Waals surface area contributed by atoms with Gasteiger partial charge in [0.2, 0.25) is 5.95 Å². The second-order valence-electron chi connectivity index (χ2n) is 3.83. The van der Waals surface area contributed by atoms with Crippen LogP contribution >= 0.6 is 0 Å². The lowest BCUT2D eigenvalue weighted by Crippen LogP contribution is -2.12. The van der Waals surface area contributed by atoms with E-state index in [2.05, 4.69) is 20.4 Å². The highest BCUT2D eigenvalue weighted by molar-refractivity contribution is 5.49. The molecule has 0 amide bonds. The summed E-state index contributed by atoms with van der Waals surface area (Å²) in [5.41, 5.74) is 2.53. The summed E-state index contributed by atoms with van der Waals surface area (Å²) in [6.07, 6.45) is 0. The minimum absolute atomic E-state index is 0.00367. The first-order valence-electron chi connectivity index (χ1n) is 5.73. The van der Waals surface area contributed by atoms with Crippen LogP contribution in [0.5, 0.6) is 17.8 Å². The number of aromatic nitrogens is 3. The Morgan fingerprint density at radius 3 is 2.62 bits per heavy atom. The second kappa shape index (κ2) is 5.96. The van der Waals surface area contributed by atoms with Crippen molar-refractivity contribution < 1.29 is 14.4 Å². The fourth-order valence-corrected chi connectivity index (χ4v) is 1.55. The number of nitro groups is 1. The molecule has 2 rings (SSSR count). The fourth-order valence-electron chi connectivity index (χ4n) is 1.55. The van der Waals surface area contributed by atoms with Crippen molar-refractivity contribution in [2.45, 2.75) is 6.92 Å². The van der Waals surface area contributed by atoms with Crippen LogP contribution in [0.25, 0.3) is 0 Å². The Balaban J connectivity index is 2.38. The van der Waals surface area contributed by atoms with Crippen molar-refractivity contribution in [3.8, 4) is 17.8 Å². The summed E-state index contributed by atoms with van der Waals surface area (Å²) in [6.45, 7) is 1.56. The van der Waals surface area contributed by atoms with E-state index in [4.69, 9.17) is 15.3 Å². The van der Waals surface area contributed by atoms with E-state index >= 15 is 0 Å². The van der Waals surface area contributed by atoms with E-state index in [-0.39, 0.29) is 29.4 Å². The first-order valence-corrected chi connectivity index (χ1v) is 5.73. The van der Waals surface area contributed by atoms with Gasteiger partial charge in [0.25, 0.3) is 5.69 Å². The van der Waals surface area contributed by atoms with Crippen LogP contribution in [0.1, 0.15) is 5.56 Å². The van der Waals surface area contributed by atoms with Crippen molar-refractivity contribution in [2.24, 2.45) is 5.84 Å². The Hall–Kier alpha value is -3.01. The summed E-state index contributed by atoms with van der Waals surface area (Å²) in [5.74, 6) is 5.52. The molecule has 0 aliphatic heterocycles. The Morgan fingerprint density at radius 1 is 1.29 bits per heavy atom. The van der Waals surface area contributed by atoms with Crippen LogP contribution in [0.3, 0.4) is 0 Å². The molecule has 0 spiro atoms. The van der Waals surface area contributed by atoms with Crippen molar-refractivity contribution in [3.05, 3.63) is 33.9 Å². The van der Waals surface area contributed by atoms with Gasteiger partial charge in [0.05, 0.1) is 17.6 Å². The van der Waals surface area contributed by atoms with Crippen molar-refractivity contribution in [1.29, 1.82) is 0 Å². The molecular weight excluding hydrogens is 280 g/mol. The number of anilines is 1. The van der Waals surface area contributed by atoms with E-state index in [0.29, 0.717) is 5.56 Å². The van der Waals surface area contributed by atoms with Crippen LogP contribution in [0, 0.1) is 17.0 Å². The third-order valence-electron chi connectivity index (χ3n) is 2.56. The van der Waals surface area contributed by atoms with Gasteiger partial charge in [-0.1, -0.05) is 6.07 Å². The van der Waals surface area contributed by atoms with E-state index in [9.17, 15) is 10.1 Å². The van der Waals surface area contributed by atoms with Gasteiger partial charge in [-0.05, 0) is 13.0 Å². The summed E-state index contributed by atoms with van der Waals surface area (Å²) >= 11 is 0. The molecule has 1 aromatic carbocycles. The minimum Gasteiger partial charge on any atom is -0.467 e. The normalized spacial score (nSPS) is 10.0. The minimum atomic E-state index is -0.497. The average Bonchev–Trinajstić information content (AvgIpc) is 2.48. The molecule has 110 valence electrons. The third-order valence-corrected chi connectivity index (χ3v) is 2.56. The summed E-state index contributed by atoms with van der Waals surface area (Å²) in [4.78, 5) is 22.0. The molecule has 21 heavy (non-hydrogen) atoms. The molecule has 0 saturated heterocycles. The van der Waals surface area contributed by atoms with Crippen LogP contribution in [0.4, 0.5) is 11.6 Å². The van der Waals surface area contributed by atoms with E-state index in [1.807, 2.05) is 0 Å². The topological polar surface area (TPSA) is 138 Å². The number of nitrogen functional groups attached to an aromatic ring is 1. The molecule has 10 nitrogen and oxygen atoms in total. The number of ether oxygens (including phenoxy) is 2. The van der Waals surface area contributed by atoms with Crippen molar-refractivity contribution in [3.63, 3.8) is 0 Å². The maximum Gasteiger partial charge on any atom is 0.330 e. The summed E-state index contributed by atoms with van der Waals surface area (Å²) in [5, 5.41) is 10.9. The molecule has 0 saturated carbocycles. The molecule has 0 bridgehead atoms. The van der Waals surface area contributed by atoms with Gasteiger partial charge >= 0.3 is 12.0 Å². The molecule has 0 radical (unpaired) electrons. The molecule has 2 aromatic rings. The van der Waals surface area contributed by atoms with Gasteiger partial charge in [-0.15, -0.1) is 4.98 Å². The van der Waals surface area contributed by atoms with E-state index in [1.54, 1.807) is 13.0 Å². The van der Waals surface area contributed by atoms with Crippen LogP contribution in [-0.4, -0.2) is 27.0 Å². The highest BCUT2D eigenvalue weighted by Crippen LogP contribution is 2.30. The molecule has 3 N–H and O–H groups in total. The Bertz CT molecular complexity index is 656. The number of rotatable bonds is 5. The Morgan fingerprint density at radius 2 is 2.00 bits per heavy atom. The lowest BCUT2D eigenvalue weighted by Gasteiger charge is -2.08. The van der Waals surface area contributed by atoms with Gasteiger partial charge in [-0.2, -0.15) is 9.97 Å². The van der Waals surface area contributed by atoms with Gasteiger partial charge in [-0.25, -0.2) is 5.84 Å². The van der Waals surface area contributed by atoms with Crippen molar-refractivity contribution in [1.82, 2.24) is 15.0 Å². The van der Waals surface area contributed by atoms with Gasteiger partial charge in [0.15, 0.2) is 0 Å². The first kappa shape index (κ1) is 14.4. The van der Waals surface area contributed by atoms with Gasteiger partial charge in [0.1, 0.15) is 5.75 Å². The standard InChI is InChI=1S/C11H12N6O4/c1-6-7(17(18)19)4-3-5-8(6)21-11-14-9(16-12)13-10(15-11)20-2/h3-5H,12H2,1-2H3,(H,13,14,15,16). The molecule has 1 heterocycles. The number of nitrogens with zero attached hydrogens (tertiary/aromatic N) is 4. The van der Waals surface area contributed by atoms with E-state index < -0.39 is 4.92 Å². The SMILES string of the molecule is COc1nc(NN)nc(Oc2cccc([N+](=O)[O-])c2C)n1. The number of nitrogens with two attached hydrogens (primary N) is 1. The van der Waals surface area contributed by atoms with Crippen LogP contribution < -0.4 is 20.7 Å². The lowest BCUT2D eigenvalue weighted by atomic mass is 10.2. The first-order chi connectivity index (χ1) is 10.0. The van der Waals surface area contributed by atoms with Gasteiger partial charge < -0.3 is 9.47 Å². The molecule has 10 heteroatoms. The highest BCUT2D eigenvalue weighted by atomic mass is 16.6. The summed E-state index contributed by atoms with van der Waals surface area (Å²) in [7, 11) is 1.37. The van der Waals surface area contributed by atoms with E-state index in [0.717, 1.165) is 0 Å². The van der Waals surface area contributed by atoms with E-state index in [1.165, 1.54) is 19.2 Å². The summed E-state index contributed by atoms with van der Waals surface area (Å²) in [6, 6.07) is 4.34. The van der Waals surface area contributed by atoms with Crippen LogP contribution in [0.15, 0.2) is 18.2 Å². The molecular formula is C11H12N6O4. The predicted octanol–water partition coefficient (Wildman–Crippen LogP) is 1.17. The number of nitro benzene ring substituents is 1. The van der Waals surface area contributed by atoms with Crippen molar-refractivity contribution >= 4 is 11.6 Å². The number of benzene rings is 1. The number of methoxy groups -OCH3 is 1. The smallest absolute Gasteiger partial charge is 0.330 e.